The van der Waals surface area contributed by atoms with Crippen molar-refractivity contribution in [2.75, 3.05) is 13.2 Å². The van der Waals surface area contributed by atoms with Gasteiger partial charge in [-0.15, -0.1) is 0 Å². The van der Waals surface area contributed by atoms with Gasteiger partial charge in [-0.1, -0.05) is 6.07 Å². The number of benzene rings is 1. The van der Waals surface area contributed by atoms with Crippen LogP contribution in [0.1, 0.15) is 17.0 Å². The minimum Gasteiger partial charge on any atom is -0.493 e. The fourth-order valence-corrected chi connectivity index (χ4v) is 1.80. The number of fused-ring (bicyclic) bond motifs is 1. The van der Waals surface area contributed by atoms with Gasteiger partial charge in [-0.3, -0.25) is 0 Å². The molecule has 0 saturated heterocycles. The molecule has 2 N–H and O–H groups in total. The van der Waals surface area contributed by atoms with E-state index in [0.717, 1.165) is 6.07 Å². The molecule has 0 radical (unpaired) electrons. The van der Waals surface area contributed by atoms with Gasteiger partial charge in [0.1, 0.15) is 5.75 Å². The predicted octanol–water partition coefficient (Wildman–Crippen LogP) is 2.14. The molecule has 0 amide bonds. The van der Waals surface area contributed by atoms with Crippen molar-refractivity contribution in [2.24, 2.45) is 5.73 Å². The average Bonchev–Trinajstić information content (AvgIpc) is 2.58. The van der Waals surface area contributed by atoms with E-state index >= 15 is 0 Å². The zero-order valence-corrected chi connectivity index (χ0v) is 7.84. The molecule has 0 saturated carbocycles. The topological polar surface area (TPSA) is 35.2 Å². The summed E-state index contributed by atoms with van der Waals surface area (Å²) < 4.78 is 43.1. The molecular formula is C10H10F3NO. The van der Waals surface area contributed by atoms with Crippen molar-refractivity contribution < 1.29 is 17.9 Å². The molecule has 0 fully saturated rings. The number of nitrogens with two attached hydrogens (primary N) is 1. The Labute approximate surface area is 84.8 Å². The first-order valence-electron chi connectivity index (χ1n) is 4.57. The maximum Gasteiger partial charge on any atom is 0.416 e. The van der Waals surface area contributed by atoms with Crippen LogP contribution >= 0.6 is 0 Å². The summed E-state index contributed by atoms with van der Waals surface area (Å²) >= 11 is 0. The molecule has 1 unspecified atom stereocenters. The second kappa shape index (κ2) is 3.41. The summed E-state index contributed by atoms with van der Waals surface area (Å²) in [5, 5.41) is 0. The minimum atomic E-state index is -4.34. The highest BCUT2D eigenvalue weighted by Gasteiger charge is 2.38. The van der Waals surface area contributed by atoms with Gasteiger partial charge in [0.2, 0.25) is 0 Å². The summed E-state index contributed by atoms with van der Waals surface area (Å²) in [5.41, 5.74) is 4.98. The van der Waals surface area contributed by atoms with Crippen LogP contribution in [0.4, 0.5) is 13.2 Å². The number of alkyl halides is 3. The van der Waals surface area contributed by atoms with Gasteiger partial charge in [0.15, 0.2) is 0 Å². The van der Waals surface area contributed by atoms with Crippen molar-refractivity contribution in [1.82, 2.24) is 0 Å². The molecule has 1 aliphatic rings. The molecule has 2 rings (SSSR count). The minimum absolute atomic E-state index is 0.167. The molecule has 0 spiro atoms. The van der Waals surface area contributed by atoms with E-state index in [2.05, 4.69) is 0 Å². The Balaban J connectivity index is 2.54. The van der Waals surface area contributed by atoms with Crippen molar-refractivity contribution in [2.45, 2.75) is 12.1 Å². The van der Waals surface area contributed by atoms with E-state index < -0.39 is 11.7 Å². The summed E-state index contributed by atoms with van der Waals surface area (Å²) in [7, 11) is 0. The smallest absolute Gasteiger partial charge is 0.416 e. The van der Waals surface area contributed by atoms with Crippen LogP contribution in [0.2, 0.25) is 0 Å². The van der Waals surface area contributed by atoms with Gasteiger partial charge in [0.05, 0.1) is 12.2 Å². The van der Waals surface area contributed by atoms with Gasteiger partial charge in [0.25, 0.3) is 0 Å². The van der Waals surface area contributed by atoms with Gasteiger partial charge < -0.3 is 10.5 Å². The molecule has 1 aromatic rings. The Hall–Kier alpha value is -1.23. The largest absolute Gasteiger partial charge is 0.493 e. The van der Waals surface area contributed by atoms with E-state index in [9.17, 15) is 13.2 Å². The van der Waals surface area contributed by atoms with Crippen molar-refractivity contribution >= 4 is 0 Å². The third-order valence-electron chi connectivity index (χ3n) is 2.50. The van der Waals surface area contributed by atoms with Crippen LogP contribution in [0.3, 0.4) is 0 Å². The van der Waals surface area contributed by atoms with Crippen LogP contribution in [0.15, 0.2) is 18.2 Å². The lowest BCUT2D eigenvalue weighted by atomic mass is 9.95. The molecule has 82 valence electrons. The molecule has 0 aliphatic carbocycles. The van der Waals surface area contributed by atoms with E-state index in [1.807, 2.05) is 0 Å². The van der Waals surface area contributed by atoms with E-state index in [0.29, 0.717) is 5.75 Å². The number of rotatable bonds is 1. The SMILES string of the molecule is NCC1COc2cccc(C(F)(F)F)c21. The Morgan fingerprint density at radius 3 is 2.73 bits per heavy atom. The summed E-state index contributed by atoms with van der Waals surface area (Å²) in [4.78, 5) is 0. The highest BCUT2D eigenvalue weighted by molar-refractivity contribution is 5.47. The van der Waals surface area contributed by atoms with Gasteiger partial charge >= 0.3 is 6.18 Å². The Morgan fingerprint density at radius 1 is 1.40 bits per heavy atom. The first-order chi connectivity index (χ1) is 7.04. The Kier molecular flexibility index (Phi) is 2.34. The third-order valence-corrected chi connectivity index (χ3v) is 2.50. The molecule has 2 nitrogen and oxygen atoms in total. The standard InChI is InChI=1S/C10H10F3NO/c11-10(12,13)7-2-1-3-8-9(7)6(4-14)5-15-8/h1-3,6H,4-5,14H2. The van der Waals surface area contributed by atoms with Crippen molar-refractivity contribution in [1.29, 1.82) is 0 Å². The van der Waals surface area contributed by atoms with Gasteiger partial charge in [0, 0.05) is 18.0 Å². The van der Waals surface area contributed by atoms with E-state index in [-0.39, 0.29) is 24.6 Å². The van der Waals surface area contributed by atoms with Crippen molar-refractivity contribution in [3.63, 3.8) is 0 Å². The zero-order chi connectivity index (χ0) is 11.1. The molecule has 0 aromatic heterocycles. The zero-order valence-electron chi connectivity index (χ0n) is 7.84. The molecule has 1 atom stereocenters. The van der Waals surface area contributed by atoms with Crippen LogP contribution in [-0.4, -0.2) is 13.2 Å². The molecule has 5 heteroatoms. The Morgan fingerprint density at radius 2 is 2.13 bits per heavy atom. The number of halogens is 3. The fraction of sp³-hybridized carbons (Fsp3) is 0.400. The first kappa shape index (κ1) is 10.3. The van der Waals surface area contributed by atoms with Crippen LogP contribution < -0.4 is 10.5 Å². The van der Waals surface area contributed by atoms with Gasteiger partial charge in [-0.25, -0.2) is 0 Å². The highest BCUT2D eigenvalue weighted by Crippen LogP contribution is 2.42. The maximum atomic E-state index is 12.7. The number of ether oxygens (including phenoxy) is 1. The third kappa shape index (κ3) is 1.67. The molecule has 1 aromatic carbocycles. The van der Waals surface area contributed by atoms with E-state index in [4.69, 9.17) is 10.5 Å². The Bertz CT molecular complexity index is 375. The summed E-state index contributed by atoms with van der Waals surface area (Å²) in [6, 6.07) is 3.96. The maximum absolute atomic E-state index is 12.7. The van der Waals surface area contributed by atoms with Crippen LogP contribution in [0.25, 0.3) is 0 Å². The highest BCUT2D eigenvalue weighted by atomic mass is 19.4. The lowest BCUT2D eigenvalue weighted by Gasteiger charge is -2.13. The second-order valence-corrected chi connectivity index (χ2v) is 3.46. The van der Waals surface area contributed by atoms with E-state index in [1.54, 1.807) is 6.07 Å². The molecule has 15 heavy (non-hydrogen) atoms. The van der Waals surface area contributed by atoms with E-state index in [1.165, 1.54) is 6.07 Å². The molecular weight excluding hydrogens is 207 g/mol. The molecule has 0 bridgehead atoms. The summed E-state index contributed by atoms with van der Waals surface area (Å²) in [6.45, 7) is 0.402. The van der Waals surface area contributed by atoms with Crippen LogP contribution in [0, 0.1) is 0 Å². The molecule has 1 aliphatic heterocycles. The summed E-state index contributed by atoms with van der Waals surface area (Å²) in [5.74, 6) is -0.0434. The number of hydrogen-bond donors (Lipinski definition) is 1. The predicted molar refractivity (Wildman–Crippen MR) is 48.7 cm³/mol. The lowest BCUT2D eigenvalue weighted by Crippen LogP contribution is -2.17. The lowest BCUT2D eigenvalue weighted by molar-refractivity contribution is -0.138. The van der Waals surface area contributed by atoms with Crippen LogP contribution in [-0.2, 0) is 6.18 Å². The van der Waals surface area contributed by atoms with Gasteiger partial charge in [-0.05, 0) is 12.1 Å². The summed E-state index contributed by atoms with van der Waals surface area (Å²) in [6.07, 6.45) is -4.34. The average molecular weight is 217 g/mol. The number of hydrogen-bond acceptors (Lipinski definition) is 2. The molecule has 1 heterocycles. The van der Waals surface area contributed by atoms with Crippen molar-refractivity contribution in [3.8, 4) is 5.75 Å². The fourth-order valence-electron chi connectivity index (χ4n) is 1.80. The monoisotopic (exact) mass is 217 g/mol. The van der Waals surface area contributed by atoms with Crippen molar-refractivity contribution in [3.05, 3.63) is 29.3 Å². The quantitative estimate of drug-likeness (QED) is 0.782. The van der Waals surface area contributed by atoms with Crippen LogP contribution in [0.5, 0.6) is 5.75 Å². The normalized spacial score (nSPS) is 19.9. The second-order valence-electron chi connectivity index (χ2n) is 3.46. The first-order valence-corrected chi connectivity index (χ1v) is 4.57. The van der Waals surface area contributed by atoms with Gasteiger partial charge in [-0.2, -0.15) is 13.2 Å².